The fourth-order valence-electron chi connectivity index (χ4n) is 1.95. The van der Waals surface area contributed by atoms with E-state index in [1.165, 1.54) is 5.69 Å². The third kappa shape index (κ3) is 2.17. The zero-order valence-corrected chi connectivity index (χ0v) is 9.87. The Labute approximate surface area is 95.0 Å². The number of aryl methyl sites for hydroxylation is 2. The van der Waals surface area contributed by atoms with E-state index < -0.39 is 0 Å². The maximum Gasteiger partial charge on any atom is 0.138 e. The van der Waals surface area contributed by atoms with Gasteiger partial charge in [0, 0.05) is 30.0 Å². The molecule has 0 aromatic carbocycles. The van der Waals surface area contributed by atoms with Crippen molar-refractivity contribution in [2.45, 2.75) is 33.4 Å². The van der Waals surface area contributed by atoms with Crippen LogP contribution in [0, 0.1) is 13.8 Å². The van der Waals surface area contributed by atoms with E-state index in [0.717, 1.165) is 23.6 Å². The molecule has 16 heavy (non-hydrogen) atoms. The lowest BCUT2D eigenvalue weighted by Crippen LogP contribution is -2.19. The lowest BCUT2D eigenvalue weighted by Gasteiger charge is -2.12. The van der Waals surface area contributed by atoms with Gasteiger partial charge in [0.25, 0.3) is 0 Å². The van der Waals surface area contributed by atoms with Crippen LogP contribution in [0.25, 0.3) is 0 Å². The van der Waals surface area contributed by atoms with Gasteiger partial charge in [0.1, 0.15) is 5.76 Å². The summed E-state index contributed by atoms with van der Waals surface area (Å²) in [6, 6.07) is 4.31. The molecule has 0 spiro atoms. The van der Waals surface area contributed by atoms with Crippen molar-refractivity contribution >= 4 is 0 Å². The van der Waals surface area contributed by atoms with Crippen molar-refractivity contribution < 1.29 is 4.52 Å². The van der Waals surface area contributed by atoms with Crippen LogP contribution in [-0.2, 0) is 6.54 Å². The summed E-state index contributed by atoms with van der Waals surface area (Å²) in [5.41, 5.74) is 3.30. The molecule has 1 unspecified atom stereocenters. The topological polar surface area (TPSA) is 53.9 Å². The van der Waals surface area contributed by atoms with Crippen LogP contribution in [0.15, 0.2) is 22.9 Å². The second-order valence-corrected chi connectivity index (χ2v) is 4.04. The molecule has 0 aliphatic heterocycles. The van der Waals surface area contributed by atoms with Gasteiger partial charge in [-0.05, 0) is 32.9 Å². The molecule has 2 N–H and O–H groups in total. The molecular formula is C12H17N3O. The Morgan fingerprint density at radius 2 is 2.31 bits per heavy atom. The van der Waals surface area contributed by atoms with Crippen molar-refractivity contribution in [2.75, 3.05) is 0 Å². The van der Waals surface area contributed by atoms with Crippen molar-refractivity contribution in [3.05, 3.63) is 41.0 Å². The molecule has 0 saturated heterocycles. The number of hydrogen-bond acceptors (Lipinski definition) is 3. The molecule has 2 rings (SSSR count). The van der Waals surface area contributed by atoms with Gasteiger partial charge < -0.3 is 14.8 Å². The summed E-state index contributed by atoms with van der Waals surface area (Å²) in [6.07, 6.45) is 1.93. The summed E-state index contributed by atoms with van der Waals surface area (Å²) in [6.45, 7) is 6.86. The predicted octanol–water partition coefficient (Wildman–Crippen LogP) is 2.47. The molecule has 0 aliphatic rings. The zero-order chi connectivity index (χ0) is 11.5. The van der Waals surface area contributed by atoms with Gasteiger partial charge in [-0.3, -0.25) is 0 Å². The van der Waals surface area contributed by atoms with Crippen LogP contribution < -0.4 is 5.32 Å². The molecule has 2 aromatic heterocycles. The Morgan fingerprint density at radius 1 is 1.50 bits per heavy atom. The van der Waals surface area contributed by atoms with Gasteiger partial charge in [-0.25, -0.2) is 0 Å². The van der Waals surface area contributed by atoms with E-state index in [-0.39, 0.29) is 6.04 Å². The smallest absolute Gasteiger partial charge is 0.138 e. The van der Waals surface area contributed by atoms with Gasteiger partial charge in [0.05, 0.1) is 5.69 Å². The summed E-state index contributed by atoms with van der Waals surface area (Å²) in [7, 11) is 0. The Kier molecular flexibility index (Phi) is 3.10. The Morgan fingerprint density at radius 3 is 2.88 bits per heavy atom. The van der Waals surface area contributed by atoms with Crippen molar-refractivity contribution in [1.82, 2.24) is 15.5 Å². The van der Waals surface area contributed by atoms with Crippen molar-refractivity contribution in [2.24, 2.45) is 0 Å². The van der Waals surface area contributed by atoms with Gasteiger partial charge >= 0.3 is 0 Å². The first-order chi connectivity index (χ1) is 7.68. The van der Waals surface area contributed by atoms with E-state index in [1.807, 2.05) is 26.1 Å². The average Bonchev–Trinajstić information content (AvgIpc) is 2.86. The van der Waals surface area contributed by atoms with Gasteiger partial charge in [-0.15, -0.1) is 0 Å². The maximum atomic E-state index is 5.16. The fraction of sp³-hybridized carbons (Fsp3) is 0.417. The lowest BCUT2D eigenvalue weighted by atomic mass is 10.1. The van der Waals surface area contributed by atoms with E-state index in [9.17, 15) is 0 Å². The highest BCUT2D eigenvalue weighted by Crippen LogP contribution is 2.20. The van der Waals surface area contributed by atoms with Crippen LogP contribution in [-0.4, -0.2) is 10.1 Å². The molecule has 0 aliphatic carbocycles. The van der Waals surface area contributed by atoms with Crippen LogP contribution >= 0.6 is 0 Å². The Balaban J connectivity index is 2.01. The SMILES string of the molecule is Cc1noc(C)c1C(C)NCc1ccc[nH]1. The highest BCUT2D eigenvalue weighted by atomic mass is 16.5. The molecule has 4 heteroatoms. The van der Waals surface area contributed by atoms with E-state index in [4.69, 9.17) is 4.52 Å². The highest BCUT2D eigenvalue weighted by molar-refractivity contribution is 5.24. The highest BCUT2D eigenvalue weighted by Gasteiger charge is 2.15. The second-order valence-electron chi connectivity index (χ2n) is 4.04. The van der Waals surface area contributed by atoms with Crippen LogP contribution in [0.1, 0.15) is 35.7 Å². The molecule has 0 radical (unpaired) electrons. The van der Waals surface area contributed by atoms with E-state index in [1.54, 1.807) is 0 Å². The average molecular weight is 219 g/mol. The number of nitrogens with one attached hydrogen (secondary N) is 2. The van der Waals surface area contributed by atoms with Gasteiger partial charge in [0.15, 0.2) is 0 Å². The molecule has 0 saturated carbocycles. The number of H-pyrrole nitrogens is 1. The van der Waals surface area contributed by atoms with Gasteiger partial charge in [0.2, 0.25) is 0 Å². The maximum absolute atomic E-state index is 5.16. The summed E-state index contributed by atoms with van der Waals surface area (Å²) < 4.78 is 5.16. The quantitative estimate of drug-likeness (QED) is 0.830. The minimum absolute atomic E-state index is 0.245. The minimum Gasteiger partial charge on any atom is -0.364 e. The first-order valence-corrected chi connectivity index (χ1v) is 5.47. The third-order valence-corrected chi connectivity index (χ3v) is 2.78. The molecule has 2 heterocycles. The standard InChI is InChI=1S/C12H17N3O/c1-8(12-9(2)15-16-10(12)3)14-7-11-5-4-6-13-11/h4-6,8,13-14H,7H2,1-3H3. The molecule has 0 fully saturated rings. The first-order valence-electron chi connectivity index (χ1n) is 5.47. The number of hydrogen-bond donors (Lipinski definition) is 2. The largest absolute Gasteiger partial charge is 0.364 e. The summed E-state index contributed by atoms with van der Waals surface area (Å²) in [5, 5.41) is 7.40. The van der Waals surface area contributed by atoms with Crippen molar-refractivity contribution in [3.63, 3.8) is 0 Å². The molecule has 4 nitrogen and oxygen atoms in total. The van der Waals surface area contributed by atoms with Crippen molar-refractivity contribution in [1.29, 1.82) is 0 Å². The Hall–Kier alpha value is -1.55. The number of aromatic nitrogens is 2. The monoisotopic (exact) mass is 219 g/mol. The first kappa shape index (κ1) is 11.0. The summed E-state index contributed by atoms with van der Waals surface area (Å²) in [5.74, 6) is 0.893. The molecular weight excluding hydrogens is 202 g/mol. The second kappa shape index (κ2) is 4.53. The normalized spacial score (nSPS) is 12.9. The van der Waals surface area contributed by atoms with Crippen LogP contribution in [0.3, 0.4) is 0 Å². The predicted molar refractivity (Wildman–Crippen MR) is 62.0 cm³/mol. The van der Waals surface area contributed by atoms with E-state index >= 15 is 0 Å². The molecule has 2 aromatic rings. The van der Waals surface area contributed by atoms with Crippen molar-refractivity contribution in [3.8, 4) is 0 Å². The molecule has 0 bridgehead atoms. The van der Waals surface area contributed by atoms with Crippen LogP contribution in [0.4, 0.5) is 0 Å². The Bertz CT molecular complexity index is 425. The number of aromatic amines is 1. The van der Waals surface area contributed by atoms with E-state index in [2.05, 4.69) is 28.4 Å². The van der Waals surface area contributed by atoms with Gasteiger partial charge in [-0.2, -0.15) is 0 Å². The lowest BCUT2D eigenvalue weighted by molar-refractivity contribution is 0.390. The van der Waals surface area contributed by atoms with E-state index in [0.29, 0.717) is 0 Å². The summed E-state index contributed by atoms with van der Waals surface area (Å²) >= 11 is 0. The zero-order valence-electron chi connectivity index (χ0n) is 9.87. The molecule has 1 atom stereocenters. The third-order valence-electron chi connectivity index (χ3n) is 2.78. The molecule has 0 amide bonds. The minimum atomic E-state index is 0.245. The molecule has 86 valence electrons. The number of nitrogens with zero attached hydrogens (tertiary/aromatic N) is 1. The fourth-order valence-corrected chi connectivity index (χ4v) is 1.95. The van der Waals surface area contributed by atoms with Crippen LogP contribution in [0.5, 0.6) is 0 Å². The van der Waals surface area contributed by atoms with Crippen LogP contribution in [0.2, 0.25) is 0 Å². The van der Waals surface area contributed by atoms with Gasteiger partial charge in [-0.1, -0.05) is 5.16 Å². The summed E-state index contributed by atoms with van der Waals surface area (Å²) in [4.78, 5) is 3.17. The number of rotatable bonds is 4.